The summed E-state index contributed by atoms with van der Waals surface area (Å²) in [5.74, 6) is -1.43. The van der Waals surface area contributed by atoms with Crippen LogP contribution >= 0.6 is 0 Å². The number of nitrogens with zero attached hydrogens (tertiary/aromatic N) is 2. The number of nitrogens with one attached hydrogen (secondary N) is 2. The highest BCUT2D eigenvalue weighted by molar-refractivity contribution is 7.92. The Labute approximate surface area is 165 Å². The molecule has 0 bridgehead atoms. The van der Waals surface area contributed by atoms with Crippen LogP contribution < -0.4 is 14.9 Å². The number of aryl methyl sites for hydroxylation is 1. The highest BCUT2D eigenvalue weighted by atomic mass is 32.2. The summed E-state index contributed by atoms with van der Waals surface area (Å²) in [5, 5.41) is 5.20. The fourth-order valence-electron chi connectivity index (χ4n) is 3.41. The number of carbonyl (C=O) groups excluding carboxylic acids is 2. The normalized spacial score (nSPS) is 17.7. The largest absolute Gasteiger partial charge is 0.379 e. The van der Waals surface area contributed by atoms with Gasteiger partial charge in [-0.1, -0.05) is 0 Å². The molecule has 2 heterocycles. The number of amides is 2. The van der Waals surface area contributed by atoms with Gasteiger partial charge in [0.2, 0.25) is 10.0 Å². The molecule has 1 aromatic rings. The Balaban J connectivity index is 1.54. The van der Waals surface area contributed by atoms with Gasteiger partial charge in [0.25, 0.3) is 0 Å². The van der Waals surface area contributed by atoms with Crippen molar-refractivity contribution in [1.29, 1.82) is 0 Å². The molecule has 0 aromatic heterocycles. The lowest BCUT2D eigenvalue weighted by atomic mass is 10.0. The van der Waals surface area contributed by atoms with Crippen molar-refractivity contribution in [3.05, 3.63) is 23.8 Å². The maximum Gasteiger partial charge on any atom is 0.313 e. The zero-order valence-electron chi connectivity index (χ0n) is 15.9. The molecule has 154 valence electrons. The van der Waals surface area contributed by atoms with E-state index in [4.69, 9.17) is 4.74 Å². The molecule has 28 heavy (non-hydrogen) atoms. The number of rotatable bonds is 5. The molecule has 1 fully saturated rings. The first-order chi connectivity index (χ1) is 13.3. The molecule has 0 atom stereocenters. The van der Waals surface area contributed by atoms with Crippen molar-refractivity contribution < 1.29 is 22.7 Å². The van der Waals surface area contributed by atoms with Crippen LogP contribution in [0, 0.1) is 0 Å². The predicted molar refractivity (Wildman–Crippen MR) is 106 cm³/mol. The maximum absolute atomic E-state index is 12.1. The Morgan fingerprint density at radius 1 is 1.14 bits per heavy atom. The van der Waals surface area contributed by atoms with E-state index in [2.05, 4.69) is 15.5 Å². The van der Waals surface area contributed by atoms with Gasteiger partial charge >= 0.3 is 11.8 Å². The third kappa shape index (κ3) is 5.21. The van der Waals surface area contributed by atoms with E-state index in [-0.39, 0.29) is 0 Å². The average Bonchev–Trinajstić information content (AvgIpc) is 2.67. The van der Waals surface area contributed by atoms with E-state index in [1.165, 1.54) is 10.6 Å². The maximum atomic E-state index is 12.1. The number of morpholine rings is 1. The molecule has 0 unspecified atom stereocenters. The van der Waals surface area contributed by atoms with Crippen LogP contribution in [-0.4, -0.2) is 77.3 Å². The molecule has 9 nitrogen and oxygen atoms in total. The number of anilines is 2. The lowest BCUT2D eigenvalue weighted by Crippen LogP contribution is -2.43. The molecule has 0 spiro atoms. The standard InChI is InChI=1S/C18H26N4O5S/c1-28(25,26)22-7-2-3-14-13-15(4-5-16(14)22)20-18(24)17(23)19-6-8-21-9-11-27-12-10-21/h4-5,13H,2-3,6-12H2,1H3,(H,19,23)(H,20,24). The van der Waals surface area contributed by atoms with E-state index in [1.54, 1.807) is 18.2 Å². The molecule has 2 amide bonds. The summed E-state index contributed by atoms with van der Waals surface area (Å²) < 4.78 is 30.5. The van der Waals surface area contributed by atoms with Crippen molar-refractivity contribution in [1.82, 2.24) is 10.2 Å². The minimum absolute atomic E-state index is 0.389. The fourth-order valence-corrected chi connectivity index (χ4v) is 4.40. The van der Waals surface area contributed by atoms with Gasteiger partial charge in [-0.2, -0.15) is 0 Å². The molecular formula is C18H26N4O5S. The number of carbonyl (C=O) groups is 2. The van der Waals surface area contributed by atoms with E-state index >= 15 is 0 Å². The van der Waals surface area contributed by atoms with E-state index in [9.17, 15) is 18.0 Å². The van der Waals surface area contributed by atoms with Crippen molar-refractivity contribution in [3.8, 4) is 0 Å². The molecule has 2 N–H and O–H groups in total. The van der Waals surface area contributed by atoms with E-state index in [0.29, 0.717) is 50.6 Å². The lowest BCUT2D eigenvalue weighted by Gasteiger charge is -2.29. The van der Waals surface area contributed by atoms with Crippen LogP contribution in [0.25, 0.3) is 0 Å². The molecule has 1 aromatic carbocycles. The average molecular weight is 410 g/mol. The number of benzene rings is 1. The van der Waals surface area contributed by atoms with Crippen molar-refractivity contribution in [2.75, 3.05) is 61.8 Å². The Kier molecular flexibility index (Phi) is 6.53. The molecule has 0 aliphatic carbocycles. The van der Waals surface area contributed by atoms with Gasteiger partial charge in [-0.05, 0) is 36.6 Å². The number of ether oxygens (including phenoxy) is 1. The van der Waals surface area contributed by atoms with Gasteiger partial charge in [0.1, 0.15) is 0 Å². The summed E-state index contributed by atoms with van der Waals surface area (Å²) in [4.78, 5) is 26.3. The predicted octanol–water partition coefficient (Wildman–Crippen LogP) is -0.214. The van der Waals surface area contributed by atoms with Crippen LogP contribution in [-0.2, 0) is 30.8 Å². The van der Waals surface area contributed by atoms with E-state index in [1.807, 2.05) is 0 Å². The summed E-state index contributed by atoms with van der Waals surface area (Å²) in [6.07, 6.45) is 2.61. The smallest absolute Gasteiger partial charge is 0.313 e. The van der Waals surface area contributed by atoms with Crippen LogP contribution in [0.5, 0.6) is 0 Å². The topological polar surface area (TPSA) is 108 Å². The van der Waals surface area contributed by atoms with Crippen molar-refractivity contribution >= 4 is 33.2 Å². The first-order valence-electron chi connectivity index (χ1n) is 9.34. The summed E-state index contributed by atoms with van der Waals surface area (Å²) in [6, 6.07) is 5.01. The summed E-state index contributed by atoms with van der Waals surface area (Å²) in [5.41, 5.74) is 1.94. The van der Waals surface area contributed by atoms with Crippen LogP contribution in [0.15, 0.2) is 18.2 Å². The van der Waals surface area contributed by atoms with Crippen LogP contribution in [0.1, 0.15) is 12.0 Å². The number of hydrogen-bond acceptors (Lipinski definition) is 6. The monoisotopic (exact) mass is 410 g/mol. The van der Waals surface area contributed by atoms with Gasteiger partial charge in [-0.15, -0.1) is 0 Å². The molecule has 3 rings (SSSR count). The van der Waals surface area contributed by atoms with Crippen molar-refractivity contribution in [3.63, 3.8) is 0 Å². The number of fused-ring (bicyclic) bond motifs is 1. The highest BCUT2D eigenvalue weighted by Gasteiger charge is 2.24. The molecule has 10 heteroatoms. The van der Waals surface area contributed by atoms with Gasteiger partial charge < -0.3 is 15.4 Å². The Bertz CT molecular complexity index is 836. The third-order valence-corrected chi connectivity index (χ3v) is 6.02. The number of sulfonamides is 1. The van der Waals surface area contributed by atoms with Crippen LogP contribution in [0.4, 0.5) is 11.4 Å². The third-order valence-electron chi connectivity index (χ3n) is 4.84. The minimum Gasteiger partial charge on any atom is -0.379 e. The second kappa shape index (κ2) is 8.89. The summed E-state index contributed by atoms with van der Waals surface area (Å²) in [7, 11) is -3.34. The molecular weight excluding hydrogens is 384 g/mol. The van der Waals surface area contributed by atoms with E-state index in [0.717, 1.165) is 25.1 Å². The van der Waals surface area contributed by atoms with Crippen LogP contribution in [0.2, 0.25) is 0 Å². The zero-order valence-corrected chi connectivity index (χ0v) is 16.8. The Morgan fingerprint density at radius 3 is 2.61 bits per heavy atom. The van der Waals surface area contributed by atoms with Gasteiger partial charge in [-0.3, -0.25) is 18.8 Å². The van der Waals surface area contributed by atoms with Gasteiger partial charge in [0.15, 0.2) is 0 Å². The van der Waals surface area contributed by atoms with Gasteiger partial charge in [0.05, 0.1) is 25.2 Å². The SMILES string of the molecule is CS(=O)(=O)N1CCCc2cc(NC(=O)C(=O)NCCN3CCOCC3)ccc21. The summed E-state index contributed by atoms with van der Waals surface area (Å²) >= 11 is 0. The van der Waals surface area contributed by atoms with Gasteiger partial charge in [-0.25, -0.2) is 8.42 Å². The molecule has 0 radical (unpaired) electrons. The van der Waals surface area contributed by atoms with Gasteiger partial charge in [0, 0.05) is 38.4 Å². The zero-order chi connectivity index (χ0) is 20.1. The Hall–Kier alpha value is -2.17. The minimum atomic E-state index is -3.34. The van der Waals surface area contributed by atoms with Crippen molar-refractivity contribution in [2.24, 2.45) is 0 Å². The molecule has 2 aliphatic heterocycles. The molecule has 1 saturated heterocycles. The lowest BCUT2D eigenvalue weighted by molar-refractivity contribution is -0.136. The van der Waals surface area contributed by atoms with Crippen LogP contribution in [0.3, 0.4) is 0 Å². The second-order valence-corrected chi connectivity index (χ2v) is 8.85. The summed E-state index contributed by atoms with van der Waals surface area (Å²) in [6.45, 7) is 4.52. The van der Waals surface area contributed by atoms with Crippen molar-refractivity contribution in [2.45, 2.75) is 12.8 Å². The highest BCUT2D eigenvalue weighted by Crippen LogP contribution is 2.31. The first-order valence-corrected chi connectivity index (χ1v) is 11.2. The molecule has 2 aliphatic rings. The fraction of sp³-hybridized carbons (Fsp3) is 0.556. The quantitative estimate of drug-likeness (QED) is 0.650. The first kappa shape index (κ1) is 20.6. The Morgan fingerprint density at radius 2 is 1.89 bits per heavy atom. The second-order valence-electron chi connectivity index (χ2n) is 6.95. The van der Waals surface area contributed by atoms with E-state index < -0.39 is 21.8 Å². The molecule has 0 saturated carbocycles. The number of hydrogen-bond donors (Lipinski definition) is 2.